The predicted octanol–water partition coefficient (Wildman–Crippen LogP) is 3.29. The number of esters is 1. The third-order valence-corrected chi connectivity index (χ3v) is 4.80. The zero-order chi connectivity index (χ0) is 23.9. The molecule has 0 bridgehead atoms. The number of carbonyl (C=O) groups excluding carboxylic acids is 4. The summed E-state index contributed by atoms with van der Waals surface area (Å²) < 4.78 is 5.62. The van der Waals surface area contributed by atoms with E-state index in [1.54, 1.807) is 20.8 Å². The normalized spacial score (nSPS) is 16.2. The van der Waals surface area contributed by atoms with E-state index in [1.807, 2.05) is 56.3 Å². The van der Waals surface area contributed by atoms with Gasteiger partial charge in [-0.25, -0.2) is 9.80 Å². The van der Waals surface area contributed by atoms with Crippen LogP contribution in [0.3, 0.4) is 0 Å². The van der Waals surface area contributed by atoms with Gasteiger partial charge < -0.3 is 4.74 Å². The molecule has 0 aliphatic carbocycles. The lowest BCUT2D eigenvalue weighted by Gasteiger charge is -2.30. The topological polar surface area (TPSA) is 105 Å². The third kappa shape index (κ3) is 7.83. The van der Waals surface area contributed by atoms with Gasteiger partial charge in [-0.1, -0.05) is 56.3 Å². The fourth-order valence-electron chi connectivity index (χ4n) is 3.43. The molecule has 2 atom stereocenters. The van der Waals surface area contributed by atoms with E-state index in [4.69, 9.17) is 4.74 Å². The minimum Gasteiger partial charge on any atom is -0.460 e. The number of allylic oxidation sites excluding steroid dienone is 1. The van der Waals surface area contributed by atoms with Crippen LogP contribution < -0.4 is 10.7 Å². The summed E-state index contributed by atoms with van der Waals surface area (Å²) in [7, 11) is 0. The van der Waals surface area contributed by atoms with Gasteiger partial charge in [0.2, 0.25) is 11.8 Å². The van der Waals surface area contributed by atoms with Crippen molar-refractivity contribution in [2.45, 2.75) is 53.1 Å². The van der Waals surface area contributed by atoms with Gasteiger partial charge in [0.15, 0.2) is 0 Å². The van der Waals surface area contributed by atoms with E-state index in [-0.39, 0.29) is 12.5 Å². The highest BCUT2D eigenvalue weighted by atomic mass is 16.6. The molecule has 0 saturated carbocycles. The first kappa shape index (κ1) is 25.1. The van der Waals surface area contributed by atoms with Crippen LogP contribution >= 0.6 is 0 Å². The van der Waals surface area contributed by atoms with E-state index in [0.717, 1.165) is 10.6 Å². The Bertz CT molecular complexity index is 858. The number of benzene rings is 1. The van der Waals surface area contributed by atoms with E-state index in [1.165, 1.54) is 0 Å². The second-order valence-corrected chi connectivity index (χ2v) is 9.34. The fourth-order valence-corrected chi connectivity index (χ4v) is 3.43. The van der Waals surface area contributed by atoms with Crippen LogP contribution in [0.1, 0.15) is 53.0 Å². The molecule has 0 radical (unpaired) electrons. The van der Waals surface area contributed by atoms with Gasteiger partial charge in [0, 0.05) is 0 Å². The molecule has 4 amide bonds. The summed E-state index contributed by atoms with van der Waals surface area (Å²) in [5, 5.41) is 3.05. The van der Waals surface area contributed by atoms with E-state index in [2.05, 4.69) is 10.7 Å². The van der Waals surface area contributed by atoms with Gasteiger partial charge in [-0.05, 0) is 45.1 Å². The van der Waals surface area contributed by atoms with Crippen molar-refractivity contribution in [1.29, 1.82) is 0 Å². The summed E-state index contributed by atoms with van der Waals surface area (Å²) in [6.45, 7) is 8.99. The summed E-state index contributed by atoms with van der Waals surface area (Å²) in [4.78, 5) is 49.6. The summed E-state index contributed by atoms with van der Waals surface area (Å²) in [6, 6.07) is 8.96. The van der Waals surface area contributed by atoms with Crippen LogP contribution in [-0.4, -0.2) is 41.0 Å². The Hall–Kier alpha value is -3.16. The molecule has 8 nitrogen and oxygen atoms in total. The molecule has 0 spiro atoms. The van der Waals surface area contributed by atoms with Crippen molar-refractivity contribution in [3.05, 3.63) is 42.0 Å². The number of imide groups is 1. The Morgan fingerprint density at radius 1 is 1.16 bits per heavy atom. The number of hydrogen-bond acceptors (Lipinski definition) is 5. The first-order valence-electron chi connectivity index (χ1n) is 10.8. The predicted molar refractivity (Wildman–Crippen MR) is 121 cm³/mol. The first-order chi connectivity index (χ1) is 15.0. The van der Waals surface area contributed by atoms with Gasteiger partial charge in [-0.3, -0.25) is 25.1 Å². The molecular weight excluding hydrogens is 410 g/mol. The lowest BCUT2D eigenvalue weighted by atomic mass is 9.82. The molecule has 1 heterocycles. The second-order valence-electron chi connectivity index (χ2n) is 9.34. The Morgan fingerprint density at radius 2 is 1.81 bits per heavy atom. The number of ether oxygens (including phenoxy) is 1. The highest BCUT2D eigenvalue weighted by molar-refractivity contribution is 6.02. The molecular formula is C24H33N3O5. The van der Waals surface area contributed by atoms with Gasteiger partial charge in [-0.15, -0.1) is 0 Å². The molecule has 32 heavy (non-hydrogen) atoms. The smallest absolute Gasteiger partial charge is 0.343 e. The molecule has 1 aromatic rings. The Labute approximate surface area is 189 Å². The molecule has 1 saturated heterocycles. The maximum Gasteiger partial charge on any atom is 0.343 e. The Morgan fingerprint density at radius 3 is 2.34 bits per heavy atom. The van der Waals surface area contributed by atoms with Gasteiger partial charge >= 0.3 is 12.0 Å². The number of rotatable bonds is 9. The van der Waals surface area contributed by atoms with Crippen LogP contribution in [0.15, 0.2) is 36.4 Å². The number of urea groups is 1. The maximum absolute atomic E-state index is 13.2. The molecule has 0 unspecified atom stereocenters. The minimum absolute atomic E-state index is 0.114. The molecule has 2 N–H and O–H groups in total. The minimum atomic E-state index is -0.752. The molecule has 1 aliphatic heterocycles. The van der Waals surface area contributed by atoms with Crippen molar-refractivity contribution in [2.75, 3.05) is 6.54 Å². The van der Waals surface area contributed by atoms with Crippen molar-refractivity contribution in [2.24, 2.45) is 17.8 Å². The monoisotopic (exact) mass is 443 g/mol. The number of hydrogen-bond donors (Lipinski definition) is 2. The highest BCUT2D eigenvalue weighted by Crippen LogP contribution is 2.28. The number of amides is 4. The Balaban J connectivity index is 2.27. The number of nitrogens with zero attached hydrogens (tertiary/aromatic N) is 1. The molecule has 8 heteroatoms. The maximum atomic E-state index is 13.2. The molecule has 2 rings (SSSR count). The first-order valence-corrected chi connectivity index (χ1v) is 10.8. The highest BCUT2D eigenvalue weighted by Gasteiger charge is 2.38. The van der Waals surface area contributed by atoms with Crippen LogP contribution in [0.4, 0.5) is 4.79 Å². The number of carbonyl (C=O) groups is 4. The zero-order valence-electron chi connectivity index (χ0n) is 19.4. The molecule has 0 aromatic heterocycles. The summed E-state index contributed by atoms with van der Waals surface area (Å²) in [5.74, 6) is -2.84. The average Bonchev–Trinajstić information content (AvgIpc) is 2.99. The summed E-state index contributed by atoms with van der Waals surface area (Å²) in [6.07, 6.45) is 4.46. The molecule has 174 valence electrons. The SMILES string of the molecule is CC(C)C[C@@H](C(=O)NN1CC(=O)NC1=O)[C@H](CC=Cc1ccccc1)C(=O)OC(C)(C)C. The van der Waals surface area contributed by atoms with Crippen LogP contribution in [0, 0.1) is 17.8 Å². The lowest BCUT2D eigenvalue weighted by Crippen LogP contribution is -2.49. The van der Waals surface area contributed by atoms with E-state index in [0.29, 0.717) is 12.8 Å². The second kappa shape index (κ2) is 10.9. The van der Waals surface area contributed by atoms with E-state index < -0.39 is 41.3 Å². The molecule has 1 aromatic carbocycles. The van der Waals surface area contributed by atoms with Crippen LogP contribution in [0.2, 0.25) is 0 Å². The van der Waals surface area contributed by atoms with Crippen LogP contribution in [0.5, 0.6) is 0 Å². The lowest BCUT2D eigenvalue weighted by molar-refractivity contribution is -0.164. The molecule has 1 fully saturated rings. The Kier molecular flexibility index (Phi) is 8.57. The van der Waals surface area contributed by atoms with Crippen molar-refractivity contribution < 1.29 is 23.9 Å². The summed E-state index contributed by atoms with van der Waals surface area (Å²) >= 11 is 0. The van der Waals surface area contributed by atoms with E-state index in [9.17, 15) is 19.2 Å². The standard InChI is InChI=1S/C24H33N3O5/c1-16(2)14-19(21(29)26-27-15-20(28)25-23(27)31)18(22(30)32-24(3,4)5)13-9-12-17-10-7-6-8-11-17/h6-12,16,18-19H,13-15H2,1-5H3,(H,26,29)(H,25,28,31)/t18-,19+/m0/s1. The van der Waals surface area contributed by atoms with E-state index >= 15 is 0 Å². The third-order valence-electron chi connectivity index (χ3n) is 4.80. The van der Waals surface area contributed by atoms with Crippen molar-refractivity contribution in [3.63, 3.8) is 0 Å². The van der Waals surface area contributed by atoms with Crippen molar-refractivity contribution >= 4 is 29.9 Å². The van der Waals surface area contributed by atoms with Gasteiger partial charge in [0.05, 0.1) is 11.8 Å². The quantitative estimate of drug-likeness (QED) is 0.450. The van der Waals surface area contributed by atoms with Crippen LogP contribution in [0.25, 0.3) is 6.08 Å². The van der Waals surface area contributed by atoms with Gasteiger partial charge in [0.1, 0.15) is 12.1 Å². The zero-order valence-corrected chi connectivity index (χ0v) is 19.4. The molecule has 1 aliphatic rings. The van der Waals surface area contributed by atoms with Gasteiger partial charge in [0.25, 0.3) is 0 Å². The van der Waals surface area contributed by atoms with Crippen LogP contribution in [-0.2, 0) is 19.1 Å². The van der Waals surface area contributed by atoms with Crippen molar-refractivity contribution in [3.8, 4) is 0 Å². The van der Waals surface area contributed by atoms with Gasteiger partial charge in [-0.2, -0.15) is 0 Å². The largest absolute Gasteiger partial charge is 0.460 e. The number of nitrogens with one attached hydrogen (secondary N) is 2. The summed E-state index contributed by atoms with van der Waals surface area (Å²) in [5.41, 5.74) is 2.77. The number of hydrazine groups is 1. The average molecular weight is 444 g/mol. The fraction of sp³-hybridized carbons (Fsp3) is 0.500. The van der Waals surface area contributed by atoms with Crippen molar-refractivity contribution in [1.82, 2.24) is 15.8 Å².